The van der Waals surface area contributed by atoms with E-state index in [0.717, 1.165) is 38.5 Å². The van der Waals surface area contributed by atoms with Crippen LogP contribution in [0.2, 0.25) is 0 Å². The molecule has 0 spiro atoms. The second kappa shape index (κ2) is 7.30. The molecular formula is C13H24N2O2. The Labute approximate surface area is 103 Å². The Morgan fingerprint density at radius 1 is 1.29 bits per heavy atom. The molecule has 1 fully saturated rings. The smallest absolute Gasteiger partial charge is 0.239 e. The highest BCUT2D eigenvalue weighted by Gasteiger charge is 2.25. The van der Waals surface area contributed by atoms with E-state index in [0.29, 0.717) is 6.42 Å². The molecule has 1 atom stereocenters. The first kappa shape index (κ1) is 14.0. The average Bonchev–Trinajstić information content (AvgIpc) is 2.35. The van der Waals surface area contributed by atoms with Gasteiger partial charge < -0.3 is 11.1 Å². The van der Waals surface area contributed by atoms with Crippen LogP contribution in [0.5, 0.6) is 0 Å². The maximum Gasteiger partial charge on any atom is 0.239 e. The summed E-state index contributed by atoms with van der Waals surface area (Å²) in [5.41, 5.74) is 5.30. The first-order chi connectivity index (χ1) is 8.15. The van der Waals surface area contributed by atoms with Crippen LogP contribution < -0.4 is 11.1 Å². The minimum absolute atomic E-state index is 0.0182. The number of hydrogen-bond acceptors (Lipinski definition) is 2. The normalized spacial score (nSPS) is 18.6. The third kappa shape index (κ3) is 4.75. The topological polar surface area (TPSA) is 72.2 Å². The minimum Gasteiger partial charge on any atom is -0.368 e. The lowest BCUT2D eigenvalue weighted by molar-refractivity contribution is -0.130. The summed E-state index contributed by atoms with van der Waals surface area (Å²) >= 11 is 0. The molecule has 0 bridgehead atoms. The SMILES string of the molecule is CCCC[C@H](NC(=O)C1CCCCC1)C(N)=O. The first-order valence-electron chi connectivity index (χ1n) is 6.74. The van der Waals surface area contributed by atoms with Gasteiger partial charge in [0.05, 0.1) is 0 Å². The van der Waals surface area contributed by atoms with Crippen LogP contribution in [-0.2, 0) is 9.59 Å². The number of carbonyl (C=O) groups is 2. The molecule has 0 saturated heterocycles. The molecular weight excluding hydrogens is 216 g/mol. The molecule has 0 aromatic rings. The highest BCUT2D eigenvalue weighted by molar-refractivity contribution is 5.87. The predicted molar refractivity (Wildman–Crippen MR) is 67.2 cm³/mol. The van der Waals surface area contributed by atoms with Crippen LogP contribution in [0.15, 0.2) is 0 Å². The Balaban J connectivity index is 2.42. The summed E-state index contributed by atoms with van der Waals surface area (Å²) in [7, 11) is 0. The molecule has 4 heteroatoms. The fraction of sp³-hybridized carbons (Fsp3) is 0.846. The van der Waals surface area contributed by atoms with E-state index in [1.807, 2.05) is 0 Å². The van der Waals surface area contributed by atoms with Gasteiger partial charge in [0, 0.05) is 5.92 Å². The molecule has 2 amide bonds. The van der Waals surface area contributed by atoms with E-state index < -0.39 is 11.9 Å². The molecule has 1 saturated carbocycles. The number of primary amides is 1. The van der Waals surface area contributed by atoms with Crippen LogP contribution in [0.1, 0.15) is 58.3 Å². The maximum absolute atomic E-state index is 12.0. The van der Waals surface area contributed by atoms with Crippen molar-refractivity contribution in [2.45, 2.75) is 64.3 Å². The molecule has 0 aromatic heterocycles. The minimum atomic E-state index is -0.482. The Morgan fingerprint density at radius 3 is 2.47 bits per heavy atom. The number of nitrogens with one attached hydrogen (secondary N) is 1. The summed E-state index contributed by atoms with van der Waals surface area (Å²) in [4.78, 5) is 23.2. The second-order valence-corrected chi connectivity index (χ2v) is 4.94. The molecule has 0 heterocycles. The van der Waals surface area contributed by atoms with Gasteiger partial charge in [0.2, 0.25) is 11.8 Å². The van der Waals surface area contributed by atoms with E-state index in [2.05, 4.69) is 12.2 Å². The van der Waals surface area contributed by atoms with E-state index in [9.17, 15) is 9.59 Å². The quantitative estimate of drug-likeness (QED) is 0.742. The van der Waals surface area contributed by atoms with Crippen LogP contribution in [-0.4, -0.2) is 17.9 Å². The Morgan fingerprint density at radius 2 is 1.94 bits per heavy atom. The Bertz CT molecular complexity index is 260. The summed E-state index contributed by atoms with van der Waals surface area (Å²) in [6, 6.07) is -0.482. The van der Waals surface area contributed by atoms with Gasteiger partial charge in [-0.15, -0.1) is 0 Å². The van der Waals surface area contributed by atoms with Gasteiger partial charge in [-0.1, -0.05) is 39.0 Å². The van der Waals surface area contributed by atoms with Crippen molar-refractivity contribution < 1.29 is 9.59 Å². The fourth-order valence-electron chi connectivity index (χ4n) is 2.35. The zero-order valence-corrected chi connectivity index (χ0v) is 10.7. The lowest BCUT2D eigenvalue weighted by Crippen LogP contribution is -2.46. The van der Waals surface area contributed by atoms with E-state index in [4.69, 9.17) is 5.73 Å². The van der Waals surface area contributed by atoms with Gasteiger partial charge in [-0.25, -0.2) is 0 Å². The molecule has 1 aliphatic carbocycles. The number of carbonyl (C=O) groups excluding carboxylic acids is 2. The van der Waals surface area contributed by atoms with Crippen molar-refractivity contribution in [1.82, 2.24) is 5.32 Å². The summed E-state index contributed by atoms with van der Waals surface area (Å²) in [6.45, 7) is 2.06. The number of rotatable bonds is 6. The lowest BCUT2D eigenvalue weighted by atomic mass is 9.88. The van der Waals surface area contributed by atoms with Gasteiger partial charge in [-0.2, -0.15) is 0 Å². The van der Waals surface area contributed by atoms with E-state index in [-0.39, 0.29) is 11.8 Å². The fourth-order valence-corrected chi connectivity index (χ4v) is 2.35. The number of nitrogens with two attached hydrogens (primary N) is 1. The van der Waals surface area contributed by atoms with Gasteiger partial charge in [-0.05, 0) is 19.3 Å². The van der Waals surface area contributed by atoms with Crippen LogP contribution >= 0.6 is 0 Å². The monoisotopic (exact) mass is 240 g/mol. The number of unbranched alkanes of at least 4 members (excludes halogenated alkanes) is 1. The van der Waals surface area contributed by atoms with Crippen molar-refractivity contribution in [3.8, 4) is 0 Å². The summed E-state index contributed by atoms with van der Waals surface area (Å²) in [5.74, 6) is -0.306. The Kier molecular flexibility index (Phi) is 6.01. The van der Waals surface area contributed by atoms with Gasteiger partial charge in [0.15, 0.2) is 0 Å². The summed E-state index contributed by atoms with van der Waals surface area (Å²) in [5, 5.41) is 2.81. The molecule has 0 aromatic carbocycles. The molecule has 17 heavy (non-hydrogen) atoms. The molecule has 3 N–H and O–H groups in total. The zero-order chi connectivity index (χ0) is 12.7. The molecule has 0 unspecified atom stereocenters. The van der Waals surface area contributed by atoms with Crippen LogP contribution in [0.25, 0.3) is 0 Å². The van der Waals surface area contributed by atoms with Crippen molar-refractivity contribution in [3.63, 3.8) is 0 Å². The van der Waals surface area contributed by atoms with Crippen molar-refractivity contribution in [1.29, 1.82) is 0 Å². The number of hydrogen-bond donors (Lipinski definition) is 2. The first-order valence-corrected chi connectivity index (χ1v) is 6.74. The van der Waals surface area contributed by atoms with Crippen molar-refractivity contribution in [2.75, 3.05) is 0 Å². The standard InChI is InChI=1S/C13H24N2O2/c1-2-3-9-11(12(14)16)15-13(17)10-7-5-4-6-8-10/h10-11H,2-9H2,1H3,(H2,14,16)(H,15,17)/t11-/m0/s1. The van der Waals surface area contributed by atoms with Crippen LogP contribution in [0.3, 0.4) is 0 Å². The second-order valence-electron chi connectivity index (χ2n) is 4.94. The Hall–Kier alpha value is -1.06. The van der Waals surface area contributed by atoms with E-state index in [1.54, 1.807) is 0 Å². The third-order valence-corrected chi connectivity index (χ3v) is 3.48. The molecule has 4 nitrogen and oxygen atoms in total. The van der Waals surface area contributed by atoms with Crippen molar-refractivity contribution in [2.24, 2.45) is 11.7 Å². The van der Waals surface area contributed by atoms with Gasteiger partial charge in [0.25, 0.3) is 0 Å². The summed E-state index contributed by atoms with van der Waals surface area (Å²) < 4.78 is 0. The predicted octanol–water partition coefficient (Wildman–Crippen LogP) is 1.73. The van der Waals surface area contributed by atoms with E-state index in [1.165, 1.54) is 6.42 Å². The van der Waals surface area contributed by atoms with Gasteiger partial charge in [0.1, 0.15) is 6.04 Å². The molecule has 98 valence electrons. The zero-order valence-electron chi connectivity index (χ0n) is 10.7. The maximum atomic E-state index is 12.0. The van der Waals surface area contributed by atoms with Gasteiger partial charge in [-0.3, -0.25) is 9.59 Å². The average molecular weight is 240 g/mol. The largest absolute Gasteiger partial charge is 0.368 e. The third-order valence-electron chi connectivity index (χ3n) is 3.48. The highest BCUT2D eigenvalue weighted by atomic mass is 16.2. The lowest BCUT2D eigenvalue weighted by Gasteiger charge is -2.23. The molecule has 0 radical (unpaired) electrons. The molecule has 1 rings (SSSR count). The highest BCUT2D eigenvalue weighted by Crippen LogP contribution is 2.23. The molecule has 1 aliphatic rings. The van der Waals surface area contributed by atoms with Crippen LogP contribution in [0, 0.1) is 5.92 Å². The molecule has 0 aliphatic heterocycles. The van der Waals surface area contributed by atoms with Crippen LogP contribution in [0.4, 0.5) is 0 Å². The summed E-state index contributed by atoms with van der Waals surface area (Å²) in [6.07, 6.45) is 7.93. The number of amides is 2. The van der Waals surface area contributed by atoms with Crippen molar-refractivity contribution in [3.05, 3.63) is 0 Å². The van der Waals surface area contributed by atoms with Crippen molar-refractivity contribution >= 4 is 11.8 Å². The van der Waals surface area contributed by atoms with E-state index >= 15 is 0 Å². The van der Waals surface area contributed by atoms with Gasteiger partial charge >= 0.3 is 0 Å².